The van der Waals surface area contributed by atoms with E-state index in [9.17, 15) is 4.79 Å². The second-order valence-electron chi connectivity index (χ2n) is 3.99. The highest BCUT2D eigenvalue weighted by atomic mass is 35.5. The van der Waals surface area contributed by atoms with Gasteiger partial charge in [0.1, 0.15) is 11.0 Å². The van der Waals surface area contributed by atoms with E-state index in [1.165, 1.54) is 6.20 Å². The first-order valence-corrected chi connectivity index (χ1v) is 6.36. The number of pyridine rings is 2. The number of rotatable bonds is 3. The quantitative estimate of drug-likeness (QED) is 0.882. The van der Waals surface area contributed by atoms with Gasteiger partial charge in [0.15, 0.2) is 0 Å². The molecule has 0 saturated heterocycles. The molecule has 0 aliphatic rings. The van der Waals surface area contributed by atoms with Gasteiger partial charge in [0.25, 0.3) is 0 Å². The van der Waals surface area contributed by atoms with E-state index in [1.54, 1.807) is 37.4 Å². The van der Waals surface area contributed by atoms with Gasteiger partial charge in [-0.1, -0.05) is 29.3 Å². The minimum atomic E-state index is -0.345. The van der Waals surface area contributed by atoms with Crippen LogP contribution < -0.4 is 5.32 Å². The highest BCUT2D eigenvalue weighted by Crippen LogP contribution is 2.18. The number of aromatic nitrogens is 2. The lowest BCUT2D eigenvalue weighted by atomic mass is 10.0. The van der Waals surface area contributed by atoms with Gasteiger partial charge in [0.05, 0.1) is 10.9 Å². The van der Waals surface area contributed by atoms with Crippen LogP contribution in [0.25, 0.3) is 0 Å². The van der Waals surface area contributed by atoms with Gasteiger partial charge in [0, 0.05) is 12.4 Å². The zero-order valence-electron chi connectivity index (χ0n) is 10.1. The maximum atomic E-state index is 12.0. The third-order valence-corrected chi connectivity index (χ3v) is 3.07. The molecule has 0 bridgehead atoms. The van der Waals surface area contributed by atoms with Gasteiger partial charge in [-0.2, -0.15) is 0 Å². The summed E-state index contributed by atoms with van der Waals surface area (Å²) in [5.74, 6) is -0.0515. The molecule has 2 aromatic heterocycles. The summed E-state index contributed by atoms with van der Waals surface area (Å²) in [7, 11) is 0. The van der Waals surface area contributed by atoms with Crippen molar-refractivity contribution < 1.29 is 4.79 Å². The number of carbonyl (C=O) groups excluding carboxylic acids is 1. The lowest BCUT2D eigenvalue weighted by molar-refractivity contribution is -0.117. The third-order valence-electron chi connectivity index (χ3n) is 2.62. The third kappa shape index (κ3) is 3.66. The Kier molecular flexibility index (Phi) is 4.35. The SMILES string of the molecule is CC(C(=O)Nc1ccc(Cl)cn1)c1ccc(Cl)nc1. The Morgan fingerprint density at radius 3 is 2.53 bits per heavy atom. The number of hydrogen-bond donors (Lipinski definition) is 1. The number of anilines is 1. The van der Waals surface area contributed by atoms with E-state index in [0.717, 1.165) is 5.56 Å². The fraction of sp³-hybridized carbons (Fsp3) is 0.154. The Hall–Kier alpha value is -1.65. The number of nitrogens with one attached hydrogen (secondary N) is 1. The van der Waals surface area contributed by atoms with Crippen molar-refractivity contribution in [2.24, 2.45) is 0 Å². The number of nitrogens with zero attached hydrogens (tertiary/aromatic N) is 2. The van der Waals surface area contributed by atoms with Crippen molar-refractivity contribution in [2.45, 2.75) is 12.8 Å². The lowest BCUT2D eigenvalue weighted by Gasteiger charge is -2.11. The van der Waals surface area contributed by atoms with E-state index < -0.39 is 0 Å². The highest BCUT2D eigenvalue weighted by Gasteiger charge is 2.16. The second kappa shape index (κ2) is 5.99. The molecule has 2 rings (SSSR count). The molecule has 0 aromatic carbocycles. The van der Waals surface area contributed by atoms with E-state index in [0.29, 0.717) is 16.0 Å². The van der Waals surface area contributed by atoms with Gasteiger partial charge in [-0.25, -0.2) is 9.97 Å². The molecule has 98 valence electrons. The number of carbonyl (C=O) groups is 1. The zero-order valence-corrected chi connectivity index (χ0v) is 11.6. The first-order chi connectivity index (χ1) is 9.06. The van der Waals surface area contributed by atoms with Gasteiger partial charge in [0.2, 0.25) is 5.91 Å². The van der Waals surface area contributed by atoms with Gasteiger partial charge in [-0.3, -0.25) is 4.79 Å². The molecular weight excluding hydrogens is 285 g/mol. The molecule has 0 spiro atoms. The molecule has 0 aliphatic heterocycles. The van der Waals surface area contributed by atoms with Crippen molar-refractivity contribution in [1.82, 2.24) is 9.97 Å². The molecule has 4 nitrogen and oxygen atoms in total. The van der Waals surface area contributed by atoms with Crippen molar-refractivity contribution in [3.63, 3.8) is 0 Å². The van der Waals surface area contributed by atoms with Crippen LogP contribution in [0.2, 0.25) is 10.2 Å². The maximum absolute atomic E-state index is 12.0. The summed E-state index contributed by atoms with van der Waals surface area (Å²) in [6, 6.07) is 6.74. The predicted octanol–water partition coefficient (Wildman–Crippen LogP) is 3.53. The number of halogens is 2. The van der Waals surface area contributed by atoms with Gasteiger partial charge in [-0.15, -0.1) is 0 Å². The lowest BCUT2D eigenvalue weighted by Crippen LogP contribution is -2.19. The smallest absolute Gasteiger partial charge is 0.232 e. The molecule has 19 heavy (non-hydrogen) atoms. The van der Waals surface area contributed by atoms with Crippen LogP contribution in [-0.4, -0.2) is 15.9 Å². The standard InChI is InChI=1S/C13H11Cl2N3O/c1-8(9-2-4-11(15)16-6-9)13(19)18-12-5-3-10(14)7-17-12/h2-8H,1H3,(H,17,18,19). The molecule has 2 heterocycles. The van der Waals surface area contributed by atoms with Gasteiger partial charge < -0.3 is 5.32 Å². The molecule has 1 unspecified atom stereocenters. The number of hydrogen-bond acceptors (Lipinski definition) is 3. The Morgan fingerprint density at radius 2 is 1.95 bits per heavy atom. The topological polar surface area (TPSA) is 54.9 Å². The first kappa shape index (κ1) is 13.8. The van der Waals surface area contributed by atoms with Crippen molar-refractivity contribution >= 4 is 34.9 Å². The van der Waals surface area contributed by atoms with Crippen LogP contribution >= 0.6 is 23.2 Å². The van der Waals surface area contributed by atoms with Crippen LogP contribution in [0.4, 0.5) is 5.82 Å². The molecule has 0 fully saturated rings. The normalized spacial score (nSPS) is 11.9. The Bertz CT molecular complexity index is 569. The second-order valence-corrected chi connectivity index (χ2v) is 4.81. The Morgan fingerprint density at radius 1 is 1.16 bits per heavy atom. The predicted molar refractivity (Wildman–Crippen MR) is 75.5 cm³/mol. The van der Waals surface area contributed by atoms with Gasteiger partial charge in [-0.05, 0) is 30.7 Å². The summed E-state index contributed by atoms with van der Waals surface area (Å²) < 4.78 is 0. The molecule has 0 radical (unpaired) electrons. The molecule has 6 heteroatoms. The van der Waals surface area contributed by atoms with Crippen molar-refractivity contribution in [3.8, 4) is 0 Å². The first-order valence-electron chi connectivity index (χ1n) is 5.60. The van der Waals surface area contributed by atoms with E-state index in [2.05, 4.69) is 15.3 Å². The molecule has 1 atom stereocenters. The molecule has 2 aromatic rings. The van der Waals surface area contributed by atoms with Crippen LogP contribution in [0.15, 0.2) is 36.7 Å². The van der Waals surface area contributed by atoms with E-state index in [-0.39, 0.29) is 11.8 Å². The van der Waals surface area contributed by atoms with Crippen LogP contribution in [-0.2, 0) is 4.79 Å². The van der Waals surface area contributed by atoms with Crippen molar-refractivity contribution in [1.29, 1.82) is 0 Å². The van der Waals surface area contributed by atoms with Crippen LogP contribution in [0.5, 0.6) is 0 Å². The van der Waals surface area contributed by atoms with Crippen LogP contribution in [0.1, 0.15) is 18.4 Å². The average Bonchev–Trinajstić information content (AvgIpc) is 2.41. The minimum absolute atomic E-state index is 0.168. The van der Waals surface area contributed by atoms with Crippen molar-refractivity contribution in [2.75, 3.05) is 5.32 Å². The summed E-state index contributed by atoms with van der Waals surface area (Å²) in [6.45, 7) is 1.79. The largest absolute Gasteiger partial charge is 0.310 e. The molecule has 0 aliphatic carbocycles. The van der Waals surface area contributed by atoms with E-state index >= 15 is 0 Å². The monoisotopic (exact) mass is 295 g/mol. The zero-order chi connectivity index (χ0) is 13.8. The number of amides is 1. The average molecular weight is 296 g/mol. The fourth-order valence-electron chi connectivity index (χ4n) is 1.48. The Labute approximate surface area is 120 Å². The molecule has 1 N–H and O–H groups in total. The summed E-state index contributed by atoms with van der Waals surface area (Å²) >= 11 is 11.4. The minimum Gasteiger partial charge on any atom is -0.310 e. The van der Waals surface area contributed by atoms with Crippen LogP contribution in [0.3, 0.4) is 0 Å². The van der Waals surface area contributed by atoms with Gasteiger partial charge >= 0.3 is 0 Å². The van der Waals surface area contributed by atoms with Crippen molar-refractivity contribution in [3.05, 3.63) is 52.4 Å². The molecular formula is C13H11Cl2N3O. The molecule has 0 saturated carbocycles. The molecule has 1 amide bonds. The summed E-state index contributed by atoms with van der Waals surface area (Å²) in [5, 5.41) is 3.63. The van der Waals surface area contributed by atoms with E-state index in [4.69, 9.17) is 23.2 Å². The maximum Gasteiger partial charge on any atom is 0.232 e. The van der Waals surface area contributed by atoms with Crippen LogP contribution in [0, 0.1) is 0 Å². The highest BCUT2D eigenvalue weighted by molar-refractivity contribution is 6.30. The van der Waals surface area contributed by atoms with E-state index in [1.807, 2.05) is 0 Å². The summed E-state index contributed by atoms with van der Waals surface area (Å²) in [6.07, 6.45) is 3.06. The Balaban J connectivity index is 2.07. The summed E-state index contributed by atoms with van der Waals surface area (Å²) in [4.78, 5) is 20.0. The summed E-state index contributed by atoms with van der Waals surface area (Å²) in [5.41, 5.74) is 0.788. The fourth-order valence-corrected chi connectivity index (χ4v) is 1.70.